The zero-order valence-electron chi connectivity index (χ0n) is 36.2. The lowest BCUT2D eigenvalue weighted by Gasteiger charge is -2.14. The molecule has 5 amide bonds. The molecule has 0 bridgehead atoms. The van der Waals surface area contributed by atoms with Crippen LogP contribution < -0.4 is 31.7 Å². The molecule has 19 nitrogen and oxygen atoms in total. The van der Waals surface area contributed by atoms with Crippen LogP contribution in [0.1, 0.15) is 135 Å². The normalized spacial score (nSPS) is 12.0. The molecule has 2 atom stereocenters. The standard InChI is InChI=1S/C41H76N6O13S/c42-40(54)33(47-61)17-15-16-22-43-37(50)31-59-29-28-58-26-24-45-38(51)32-60-30-27-57-25-23-44-35(48)21-20-34(41(55)56)46-36(49)18-13-11-9-7-5-3-1-2-4-6-8-10-12-14-19-39(52)53/h33-34,47,61H,1-32H2,(H2,42,54)(H,43,50)(H,44,48)(H,45,51)(H,46,49)(H,52,53)(H,55,56). The summed E-state index contributed by atoms with van der Waals surface area (Å²) in [5.41, 5.74) is 5.22. The number of carboxylic acid groups (broad SMARTS) is 2. The number of hydrogen-bond donors (Lipinski definition) is 9. The number of thiol groups is 1. The predicted octanol–water partition coefficient (Wildman–Crippen LogP) is 2.54. The largest absolute Gasteiger partial charge is 0.481 e. The van der Waals surface area contributed by atoms with Crippen molar-refractivity contribution in [2.45, 2.75) is 147 Å². The number of hydrogen-bond acceptors (Lipinski definition) is 13. The Labute approximate surface area is 367 Å². The number of amides is 5. The van der Waals surface area contributed by atoms with Crippen LogP contribution in [0.25, 0.3) is 0 Å². The molecule has 0 aromatic carbocycles. The quantitative estimate of drug-likeness (QED) is 0.0314. The highest BCUT2D eigenvalue weighted by molar-refractivity contribution is 7.78. The summed E-state index contributed by atoms with van der Waals surface area (Å²) in [6.45, 7) is 1.91. The highest BCUT2D eigenvalue weighted by atomic mass is 32.1. The average molecular weight is 893 g/mol. The molecule has 0 spiro atoms. The third-order valence-corrected chi connectivity index (χ3v) is 9.74. The Morgan fingerprint density at radius 3 is 1.36 bits per heavy atom. The van der Waals surface area contributed by atoms with E-state index in [-0.39, 0.29) is 115 Å². The van der Waals surface area contributed by atoms with Crippen molar-refractivity contribution in [1.82, 2.24) is 26.0 Å². The smallest absolute Gasteiger partial charge is 0.326 e. The van der Waals surface area contributed by atoms with E-state index in [2.05, 4.69) is 38.8 Å². The van der Waals surface area contributed by atoms with Crippen molar-refractivity contribution in [3.63, 3.8) is 0 Å². The molecule has 354 valence electrons. The molecule has 0 aliphatic rings. The van der Waals surface area contributed by atoms with Crippen LogP contribution in [0.4, 0.5) is 0 Å². The topological polar surface area (TPSA) is 283 Å². The van der Waals surface area contributed by atoms with E-state index in [0.29, 0.717) is 32.2 Å². The van der Waals surface area contributed by atoms with Gasteiger partial charge in [-0.2, -0.15) is 0 Å². The number of rotatable bonds is 45. The fraction of sp³-hybridized carbons (Fsp3) is 0.829. The van der Waals surface area contributed by atoms with Gasteiger partial charge < -0.3 is 56.2 Å². The average Bonchev–Trinajstić information content (AvgIpc) is 3.22. The van der Waals surface area contributed by atoms with E-state index >= 15 is 0 Å². The predicted molar refractivity (Wildman–Crippen MR) is 232 cm³/mol. The van der Waals surface area contributed by atoms with Crippen LogP contribution in [0.2, 0.25) is 0 Å². The minimum Gasteiger partial charge on any atom is -0.481 e. The second-order valence-electron chi connectivity index (χ2n) is 14.8. The Kier molecular flexibility index (Phi) is 39.3. The molecular weight excluding hydrogens is 817 g/mol. The Morgan fingerprint density at radius 1 is 0.459 bits per heavy atom. The second-order valence-corrected chi connectivity index (χ2v) is 15.1. The summed E-state index contributed by atoms with van der Waals surface area (Å²) in [5, 5.41) is 28.7. The summed E-state index contributed by atoms with van der Waals surface area (Å²) >= 11 is 3.86. The summed E-state index contributed by atoms with van der Waals surface area (Å²) in [6, 6.07) is -1.65. The molecule has 9 N–H and O–H groups in total. The van der Waals surface area contributed by atoms with Crippen LogP contribution in [-0.4, -0.2) is 136 Å². The first kappa shape index (κ1) is 57.4. The summed E-state index contributed by atoms with van der Waals surface area (Å²) in [4.78, 5) is 81.5. The Hall–Kier alpha value is -3.56. The molecule has 0 heterocycles. The van der Waals surface area contributed by atoms with Crippen molar-refractivity contribution >= 4 is 54.3 Å². The molecule has 0 saturated heterocycles. The van der Waals surface area contributed by atoms with Gasteiger partial charge in [-0.3, -0.25) is 33.5 Å². The van der Waals surface area contributed by atoms with Gasteiger partial charge in [-0.05, 0) is 38.5 Å². The maximum Gasteiger partial charge on any atom is 0.326 e. The van der Waals surface area contributed by atoms with Gasteiger partial charge in [0.1, 0.15) is 19.3 Å². The lowest BCUT2D eigenvalue weighted by atomic mass is 10.0. The Balaban J connectivity index is 3.65. The van der Waals surface area contributed by atoms with E-state index in [1.165, 1.54) is 44.9 Å². The van der Waals surface area contributed by atoms with Gasteiger partial charge in [0.25, 0.3) is 0 Å². The van der Waals surface area contributed by atoms with E-state index in [0.717, 1.165) is 38.5 Å². The van der Waals surface area contributed by atoms with Gasteiger partial charge in [-0.15, -0.1) is 0 Å². The summed E-state index contributed by atoms with van der Waals surface area (Å²) in [7, 11) is 0. The molecule has 0 aliphatic carbocycles. The van der Waals surface area contributed by atoms with Gasteiger partial charge in [0.2, 0.25) is 29.5 Å². The molecule has 0 aromatic heterocycles. The number of nitrogens with one attached hydrogen (secondary N) is 5. The van der Waals surface area contributed by atoms with Crippen LogP contribution in [0, 0.1) is 0 Å². The molecule has 2 unspecified atom stereocenters. The lowest BCUT2D eigenvalue weighted by Crippen LogP contribution is -2.41. The van der Waals surface area contributed by atoms with Crippen molar-refractivity contribution < 1.29 is 62.7 Å². The number of carboxylic acids is 2. The number of nitrogens with two attached hydrogens (primary N) is 1. The number of primary amides is 1. The number of carbonyl (C=O) groups is 7. The van der Waals surface area contributed by atoms with E-state index in [9.17, 15) is 38.7 Å². The van der Waals surface area contributed by atoms with Crippen molar-refractivity contribution in [1.29, 1.82) is 0 Å². The molecule has 0 rings (SSSR count). The number of carbonyl (C=O) groups excluding carboxylic acids is 5. The van der Waals surface area contributed by atoms with Gasteiger partial charge in [-0.1, -0.05) is 89.9 Å². The van der Waals surface area contributed by atoms with Gasteiger partial charge in [0, 0.05) is 38.9 Å². The summed E-state index contributed by atoms with van der Waals surface area (Å²) < 4.78 is 23.8. The summed E-state index contributed by atoms with van der Waals surface area (Å²) in [5.74, 6) is -3.65. The first-order valence-electron chi connectivity index (χ1n) is 22.0. The van der Waals surface area contributed by atoms with Crippen LogP contribution in [-0.2, 0) is 52.5 Å². The number of aliphatic carboxylic acids is 2. The monoisotopic (exact) mass is 893 g/mol. The fourth-order valence-electron chi connectivity index (χ4n) is 5.94. The van der Waals surface area contributed by atoms with Gasteiger partial charge in [-0.25, -0.2) is 4.79 Å². The van der Waals surface area contributed by atoms with Crippen molar-refractivity contribution in [2.24, 2.45) is 5.73 Å². The third kappa shape index (κ3) is 40.3. The van der Waals surface area contributed by atoms with Crippen molar-refractivity contribution in [3.8, 4) is 0 Å². The van der Waals surface area contributed by atoms with Crippen molar-refractivity contribution in [3.05, 3.63) is 0 Å². The molecule has 20 heteroatoms. The second kappa shape index (κ2) is 41.8. The van der Waals surface area contributed by atoms with E-state index in [1.807, 2.05) is 0 Å². The van der Waals surface area contributed by atoms with E-state index < -0.39 is 29.9 Å². The van der Waals surface area contributed by atoms with Crippen LogP contribution in [0.3, 0.4) is 0 Å². The first-order valence-corrected chi connectivity index (χ1v) is 22.4. The van der Waals surface area contributed by atoms with Crippen LogP contribution in [0.5, 0.6) is 0 Å². The van der Waals surface area contributed by atoms with Crippen molar-refractivity contribution in [2.75, 3.05) is 72.5 Å². The molecule has 0 aliphatic heterocycles. The third-order valence-electron chi connectivity index (χ3n) is 9.43. The molecule has 0 saturated carbocycles. The van der Waals surface area contributed by atoms with Gasteiger partial charge in [0.15, 0.2) is 0 Å². The van der Waals surface area contributed by atoms with Crippen LogP contribution in [0.15, 0.2) is 0 Å². The molecule has 0 fully saturated rings. The summed E-state index contributed by atoms with van der Waals surface area (Å²) in [6.07, 6.45) is 17.3. The number of unbranched alkanes of at least 4 members (excludes halogenated alkanes) is 14. The lowest BCUT2D eigenvalue weighted by molar-refractivity contribution is -0.142. The van der Waals surface area contributed by atoms with Gasteiger partial charge >= 0.3 is 11.9 Å². The van der Waals surface area contributed by atoms with Gasteiger partial charge in [0.05, 0.1) is 45.7 Å². The van der Waals surface area contributed by atoms with Crippen LogP contribution >= 0.6 is 12.8 Å². The zero-order chi connectivity index (χ0) is 45.2. The zero-order valence-corrected chi connectivity index (χ0v) is 37.1. The Morgan fingerprint density at radius 2 is 0.902 bits per heavy atom. The van der Waals surface area contributed by atoms with E-state index in [1.54, 1.807) is 0 Å². The minimum absolute atomic E-state index is 0.0296. The number of ether oxygens (including phenoxy) is 4. The minimum atomic E-state index is -1.19. The first-order chi connectivity index (χ1) is 29.5. The Bertz CT molecular complexity index is 1200. The highest BCUT2D eigenvalue weighted by Gasteiger charge is 2.21. The maximum absolute atomic E-state index is 12.3. The molecular formula is C41H76N6O13S. The molecule has 61 heavy (non-hydrogen) atoms. The highest BCUT2D eigenvalue weighted by Crippen LogP contribution is 2.14. The maximum atomic E-state index is 12.3. The SMILES string of the molecule is NC(=O)C(CCCCNC(=O)COCCOCCNC(=O)COCCOCCNC(=O)CCC(NC(=O)CCCCCCCCCCCCCCCCC(=O)O)C(=O)O)NS. The van der Waals surface area contributed by atoms with E-state index in [4.69, 9.17) is 29.8 Å². The fourth-order valence-corrected chi connectivity index (χ4v) is 6.20. The molecule has 0 aromatic rings. The molecule has 0 radical (unpaired) electrons.